The molecule has 3 saturated carbocycles. The third-order valence-corrected chi connectivity index (χ3v) is 6.75. The number of amides is 1. The molecule has 4 aliphatic rings. The highest BCUT2D eigenvalue weighted by atomic mass is 19.4. The maximum absolute atomic E-state index is 12.9. The van der Waals surface area contributed by atoms with Crippen LogP contribution < -0.4 is 14.8 Å². The van der Waals surface area contributed by atoms with Crippen LogP contribution in [0.15, 0.2) is 30.6 Å². The monoisotopic (exact) mass is 521 g/mol. The smallest absolute Gasteiger partial charge is 0.488 e. The zero-order valence-electron chi connectivity index (χ0n) is 18.5. The fourth-order valence-electron chi connectivity index (χ4n) is 5.19. The Kier molecular flexibility index (Phi) is 5.67. The molecular formula is C22H21F6N3O5. The number of halogens is 6. The van der Waals surface area contributed by atoms with E-state index < -0.39 is 48.4 Å². The molecule has 1 aromatic heterocycles. The number of alkyl halides is 6. The summed E-state index contributed by atoms with van der Waals surface area (Å²) in [6.45, 7) is -0.951. The lowest BCUT2D eigenvalue weighted by atomic mass is 9.44. The number of nitrogens with zero attached hydrogens (tertiary/aromatic N) is 2. The van der Waals surface area contributed by atoms with Gasteiger partial charge in [0.15, 0.2) is 11.9 Å². The average Bonchev–Trinajstić information content (AvgIpc) is 3.19. The van der Waals surface area contributed by atoms with E-state index in [1.165, 1.54) is 6.20 Å². The van der Waals surface area contributed by atoms with E-state index in [1.54, 1.807) is 10.9 Å². The van der Waals surface area contributed by atoms with Crippen LogP contribution in [0.3, 0.4) is 0 Å². The molecule has 6 rings (SSSR count). The average molecular weight is 521 g/mol. The van der Waals surface area contributed by atoms with Crippen LogP contribution in [0.5, 0.6) is 11.5 Å². The minimum Gasteiger partial charge on any atom is -0.488 e. The number of fused-ring (bicyclic) bond motifs is 1. The van der Waals surface area contributed by atoms with Crippen molar-refractivity contribution in [1.82, 2.24) is 15.1 Å². The molecule has 0 unspecified atom stereocenters. The minimum absolute atomic E-state index is 0.0139. The molecule has 1 amide bonds. The van der Waals surface area contributed by atoms with Crippen LogP contribution in [0, 0.1) is 0 Å². The third kappa shape index (κ3) is 4.59. The van der Waals surface area contributed by atoms with Gasteiger partial charge in [0, 0.05) is 17.5 Å². The molecular weight excluding hydrogens is 500 g/mol. The van der Waals surface area contributed by atoms with Gasteiger partial charge < -0.3 is 19.9 Å². The summed E-state index contributed by atoms with van der Waals surface area (Å²) >= 11 is 0. The Morgan fingerprint density at radius 2 is 1.92 bits per heavy atom. The maximum atomic E-state index is 12.9. The Morgan fingerprint density at radius 1 is 1.19 bits per heavy atom. The molecule has 3 aliphatic carbocycles. The fourth-order valence-corrected chi connectivity index (χ4v) is 5.19. The second-order valence-electron chi connectivity index (χ2n) is 9.40. The molecule has 36 heavy (non-hydrogen) atoms. The molecule has 196 valence electrons. The number of aromatic nitrogens is 2. The van der Waals surface area contributed by atoms with Gasteiger partial charge in [0.2, 0.25) is 0 Å². The zero-order valence-corrected chi connectivity index (χ0v) is 18.5. The predicted octanol–water partition coefficient (Wildman–Crippen LogP) is 3.45. The van der Waals surface area contributed by atoms with Gasteiger partial charge in [-0.15, -0.1) is 13.2 Å². The van der Waals surface area contributed by atoms with Gasteiger partial charge in [-0.25, -0.2) is 0 Å². The van der Waals surface area contributed by atoms with Crippen molar-refractivity contribution < 1.29 is 50.5 Å². The first-order valence-electron chi connectivity index (χ1n) is 11.0. The molecule has 8 nitrogen and oxygen atoms in total. The van der Waals surface area contributed by atoms with Crippen molar-refractivity contribution in [2.24, 2.45) is 0 Å². The van der Waals surface area contributed by atoms with Crippen molar-refractivity contribution in [3.8, 4) is 11.5 Å². The van der Waals surface area contributed by atoms with Gasteiger partial charge >= 0.3 is 12.5 Å². The highest BCUT2D eigenvalue weighted by molar-refractivity contribution is 5.83. The lowest BCUT2D eigenvalue weighted by Crippen LogP contribution is -2.79. The molecule has 0 radical (unpaired) electrons. The molecule has 14 heteroatoms. The van der Waals surface area contributed by atoms with Gasteiger partial charge in [-0.05, 0) is 37.5 Å². The number of aliphatic hydroxyl groups is 1. The van der Waals surface area contributed by atoms with Crippen LogP contribution in [0.4, 0.5) is 26.3 Å². The van der Waals surface area contributed by atoms with Gasteiger partial charge in [0.1, 0.15) is 12.4 Å². The van der Waals surface area contributed by atoms with Crippen molar-refractivity contribution >= 4 is 5.91 Å². The number of hydrogen-bond acceptors (Lipinski definition) is 6. The number of benzene rings is 1. The number of carbonyl (C=O) groups excluding carboxylic acids is 1. The van der Waals surface area contributed by atoms with Crippen molar-refractivity contribution in [1.29, 1.82) is 0 Å². The van der Waals surface area contributed by atoms with Gasteiger partial charge in [0.25, 0.3) is 5.91 Å². The molecule has 2 N–H and O–H groups in total. The standard InChI is InChI=1S/C22H21F6N3O5/c23-21(24,25)12-1-2-16-14(5-12)15(32)6-17(36-16)18(33)30-19-9-20(10-19,11-19)31-8-13(7-29-31)34-3-4-35-22(26,27)28/h1-2,5,7-8,15,17,32H,3-4,6,9-11H2,(H,30,33)/t15-,17-,19?,20?/m1/s1. The molecule has 1 aliphatic heterocycles. The van der Waals surface area contributed by atoms with Crippen LogP contribution in [-0.2, 0) is 21.2 Å². The third-order valence-electron chi connectivity index (χ3n) is 6.75. The molecule has 2 heterocycles. The largest absolute Gasteiger partial charge is 0.522 e. The maximum Gasteiger partial charge on any atom is 0.522 e. The van der Waals surface area contributed by atoms with Crippen molar-refractivity contribution in [3.05, 3.63) is 41.7 Å². The summed E-state index contributed by atoms with van der Waals surface area (Å²) in [7, 11) is 0. The molecule has 0 spiro atoms. The summed E-state index contributed by atoms with van der Waals surface area (Å²) in [5.41, 5.74) is -1.75. The molecule has 1 aromatic carbocycles. The van der Waals surface area contributed by atoms with E-state index in [1.807, 2.05) is 0 Å². The Morgan fingerprint density at radius 3 is 2.58 bits per heavy atom. The van der Waals surface area contributed by atoms with Crippen LogP contribution in [0.1, 0.15) is 42.9 Å². The Hall–Kier alpha value is -3.00. The molecule has 2 bridgehead atoms. The number of carbonyl (C=O) groups is 1. The summed E-state index contributed by atoms with van der Waals surface area (Å²) < 4.78 is 91.0. The van der Waals surface area contributed by atoms with Gasteiger partial charge in [0.05, 0.1) is 36.2 Å². The number of nitrogens with one attached hydrogen (secondary N) is 1. The van der Waals surface area contributed by atoms with Gasteiger partial charge in [-0.1, -0.05) is 0 Å². The normalized spacial score (nSPS) is 28.9. The van der Waals surface area contributed by atoms with Crippen LogP contribution in [0.25, 0.3) is 0 Å². The van der Waals surface area contributed by atoms with Crippen LogP contribution >= 0.6 is 0 Å². The minimum atomic E-state index is -4.72. The second-order valence-corrected chi connectivity index (χ2v) is 9.40. The fraction of sp³-hybridized carbons (Fsp3) is 0.545. The Labute approximate surface area is 200 Å². The Balaban J connectivity index is 1.13. The molecule has 3 fully saturated rings. The predicted molar refractivity (Wildman–Crippen MR) is 108 cm³/mol. The lowest BCUT2D eigenvalue weighted by Gasteiger charge is -2.70. The lowest BCUT2D eigenvalue weighted by molar-refractivity contribution is -0.325. The van der Waals surface area contributed by atoms with E-state index >= 15 is 0 Å². The summed E-state index contributed by atoms with van der Waals surface area (Å²) in [6, 6.07) is 2.76. The number of ether oxygens (including phenoxy) is 3. The van der Waals surface area contributed by atoms with Crippen molar-refractivity contribution in [3.63, 3.8) is 0 Å². The van der Waals surface area contributed by atoms with E-state index in [-0.39, 0.29) is 29.9 Å². The zero-order chi connectivity index (χ0) is 25.9. The molecule has 2 aromatic rings. The number of rotatable bonds is 7. The molecule has 0 saturated heterocycles. The van der Waals surface area contributed by atoms with E-state index in [0.717, 1.165) is 18.2 Å². The quantitative estimate of drug-likeness (QED) is 0.428. The first kappa shape index (κ1) is 24.7. The Bertz CT molecular complexity index is 1140. The number of aliphatic hydroxyl groups excluding tert-OH is 1. The SMILES string of the molecule is O=C(NC12CC(n3cc(OCCOC(F)(F)F)cn3)(C1)C2)[C@H]1C[C@@H](O)c2cc(C(F)(F)F)ccc2O1. The highest BCUT2D eigenvalue weighted by Crippen LogP contribution is 2.65. The number of hydrogen-bond donors (Lipinski definition) is 2. The van der Waals surface area contributed by atoms with E-state index in [0.29, 0.717) is 25.0 Å². The van der Waals surface area contributed by atoms with E-state index in [2.05, 4.69) is 15.2 Å². The second kappa shape index (κ2) is 8.26. The summed E-state index contributed by atoms with van der Waals surface area (Å²) in [5.74, 6) is -0.150. The van der Waals surface area contributed by atoms with E-state index in [4.69, 9.17) is 9.47 Å². The summed E-state index contributed by atoms with van der Waals surface area (Å²) in [4.78, 5) is 12.8. The van der Waals surface area contributed by atoms with Gasteiger partial charge in [-0.3, -0.25) is 14.2 Å². The highest BCUT2D eigenvalue weighted by Gasteiger charge is 2.70. The van der Waals surface area contributed by atoms with Crippen LogP contribution in [0.2, 0.25) is 0 Å². The van der Waals surface area contributed by atoms with Crippen molar-refractivity contribution in [2.45, 2.75) is 61.5 Å². The summed E-state index contributed by atoms with van der Waals surface area (Å²) in [5, 5.41) is 17.5. The van der Waals surface area contributed by atoms with Gasteiger partial charge in [-0.2, -0.15) is 18.3 Å². The van der Waals surface area contributed by atoms with Crippen LogP contribution in [-0.4, -0.2) is 52.0 Å². The summed E-state index contributed by atoms with van der Waals surface area (Å²) in [6.07, 6.45) is -7.17. The first-order valence-corrected chi connectivity index (χ1v) is 11.0. The topological polar surface area (TPSA) is 94.8 Å². The molecule has 2 atom stereocenters. The van der Waals surface area contributed by atoms with Crippen molar-refractivity contribution in [2.75, 3.05) is 13.2 Å². The van der Waals surface area contributed by atoms with E-state index in [9.17, 15) is 36.2 Å². The first-order chi connectivity index (χ1) is 16.8.